The molecule has 2 bridgehead atoms. The molecule has 11 heteroatoms. The van der Waals surface area contributed by atoms with Crippen LogP contribution in [0.1, 0.15) is 53.6 Å². The Labute approximate surface area is 251 Å². The van der Waals surface area contributed by atoms with E-state index in [0.29, 0.717) is 24.2 Å². The number of piperidine rings is 1. The molecule has 4 N–H and O–H groups in total. The highest BCUT2D eigenvalue weighted by atomic mass is 127. The van der Waals surface area contributed by atoms with Crippen LogP contribution in [0.5, 0.6) is 11.5 Å². The van der Waals surface area contributed by atoms with E-state index in [-0.39, 0.29) is 29.8 Å². The molecular formula is C30H33IN2O8. The minimum Gasteiger partial charge on any atom is -0.504 e. The molecule has 2 saturated carbocycles. The van der Waals surface area contributed by atoms with E-state index in [1.165, 1.54) is 18.4 Å². The number of likely N-dealkylation sites (tertiary alicyclic amines) is 1. The number of phenols is 1. The number of rotatable bonds is 4. The van der Waals surface area contributed by atoms with Crippen LogP contribution in [0.15, 0.2) is 36.4 Å². The summed E-state index contributed by atoms with van der Waals surface area (Å²) in [6.07, 6.45) is 5.07. The number of halogens is 1. The van der Waals surface area contributed by atoms with E-state index in [4.69, 9.17) is 24.5 Å². The van der Waals surface area contributed by atoms with Crippen LogP contribution in [0.2, 0.25) is 0 Å². The number of amides is 1. The number of nitrogens with zero attached hydrogens (tertiary/aromatic N) is 2. The average molecular weight is 677 g/mol. The molecule has 1 amide bonds. The van der Waals surface area contributed by atoms with Crippen LogP contribution in [0, 0.1) is 9.49 Å². The van der Waals surface area contributed by atoms with Gasteiger partial charge in [0, 0.05) is 34.3 Å². The zero-order valence-electron chi connectivity index (χ0n) is 22.6. The Morgan fingerprint density at radius 2 is 1.73 bits per heavy atom. The van der Waals surface area contributed by atoms with Gasteiger partial charge in [0.05, 0.1) is 17.1 Å². The maximum absolute atomic E-state index is 13.5. The SMILES string of the molecule is CN(C(=O)c1ccc(I)cc1)[C@@H]1CC[C@@]2(O)[C@H]3Cc4ccc(O)c5c4C2(CCN3CC2CC2)[C@H]1O5.O=C(O)C(=O)O. The quantitative estimate of drug-likeness (QED) is 0.284. The molecule has 0 aromatic heterocycles. The molecule has 10 nitrogen and oxygen atoms in total. The molecule has 3 fully saturated rings. The van der Waals surface area contributed by atoms with Gasteiger partial charge in [-0.05, 0) is 109 Å². The Kier molecular flexibility index (Phi) is 6.97. The van der Waals surface area contributed by atoms with Crippen LogP contribution >= 0.6 is 22.6 Å². The van der Waals surface area contributed by atoms with Crippen molar-refractivity contribution in [3.05, 3.63) is 56.7 Å². The summed E-state index contributed by atoms with van der Waals surface area (Å²) in [5.41, 5.74) is 1.31. The summed E-state index contributed by atoms with van der Waals surface area (Å²) in [6.45, 7) is 1.98. The number of phenolic OH excluding ortho intramolecular Hbond substituents is 1. The van der Waals surface area contributed by atoms with Gasteiger partial charge in [0.1, 0.15) is 6.10 Å². The fraction of sp³-hybridized carbons (Fsp3) is 0.500. The monoisotopic (exact) mass is 676 g/mol. The predicted molar refractivity (Wildman–Crippen MR) is 155 cm³/mol. The lowest BCUT2D eigenvalue weighted by molar-refractivity contribution is -0.197. The van der Waals surface area contributed by atoms with Crippen LogP contribution in [0.25, 0.3) is 0 Å². The van der Waals surface area contributed by atoms with Crippen molar-refractivity contribution in [3.8, 4) is 11.5 Å². The normalized spacial score (nSPS) is 30.8. The first-order valence-electron chi connectivity index (χ1n) is 13.9. The Morgan fingerprint density at radius 1 is 1.05 bits per heavy atom. The molecule has 5 aliphatic rings. The predicted octanol–water partition coefficient (Wildman–Crippen LogP) is 2.86. The van der Waals surface area contributed by atoms with E-state index in [1.54, 1.807) is 6.07 Å². The van der Waals surface area contributed by atoms with Crippen molar-refractivity contribution in [2.75, 3.05) is 20.1 Å². The molecule has 3 aliphatic carbocycles. The maximum atomic E-state index is 13.5. The van der Waals surface area contributed by atoms with Crippen LogP contribution in [0.4, 0.5) is 0 Å². The van der Waals surface area contributed by atoms with Crippen molar-refractivity contribution in [1.82, 2.24) is 9.80 Å². The summed E-state index contributed by atoms with van der Waals surface area (Å²) in [6, 6.07) is 11.3. The van der Waals surface area contributed by atoms with Gasteiger partial charge in [0.15, 0.2) is 11.5 Å². The molecule has 2 aliphatic heterocycles. The van der Waals surface area contributed by atoms with Gasteiger partial charge in [-0.25, -0.2) is 9.59 Å². The molecular weight excluding hydrogens is 643 g/mol. The number of aromatic hydroxyl groups is 1. The van der Waals surface area contributed by atoms with E-state index in [0.717, 1.165) is 41.0 Å². The number of hydrogen-bond donors (Lipinski definition) is 4. The highest BCUT2D eigenvalue weighted by molar-refractivity contribution is 14.1. The zero-order valence-corrected chi connectivity index (χ0v) is 24.8. The minimum atomic E-state index is -1.82. The van der Waals surface area contributed by atoms with E-state index in [1.807, 2.05) is 42.3 Å². The third kappa shape index (κ3) is 4.38. The minimum absolute atomic E-state index is 0.0317. The van der Waals surface area contributed by atoms with Crippen LogP contribution in [0.3, 0.4) is 0 Å². The van der Waals surface area contributed by atoms with E-state index < -0.39 is 23.0 Å². The third-order valence-electron chi connectivity index (χ3n) is 9.82. The van der Waals surface area contributed by atoms with E-state index in [9.17, 15) is 15.0 Å². The Morgan fingerprint density at radius 3 is 2.37 bits per heavy atom. The second-order valence-electron chi connectivity index (χ2n) is 11.9. The number of ether oxygens (including phenoxy) is 1. The first kappa shape index (κ1) is 28.2. The summed E-state index contributed by atoms with van der Waals surface area (Å²) < 4.78 is 7.71. The molecule has 0 radical (unpaired) electrons. The van der Waals surface area contributed by atoms with Gasteiger partial charge in [0.25, 0.3) is 5.91 Å². The standard InChI is InChI=1S/C28H31IN2O4.C2H2O4/c1-30(26(33)17-4-7-19(29)8-5-17)20-10-11-28(34)22-14-18-6-9-21(32)24-23(18)27(28,25(20)35-24)12-13-31(22)15-16-2-3-16;3-1(4)2(5)6/h4-9,16,20,22,25,32,34H,2-3,10-15H2,1H3;(H,3,4)(H,5,6)/t20-,22-,25+,27?,28-;/m1./s1. The molecule has 41 heavy (non-hydrogen) atoms. The van der Waals surface area contributed by atoms with Crippen LogP contribution in [-0.2, 0) is 21.4 Å². The Bertz CT molecular complexity index is 1400. The van der Waals surface area contributed by atoms with Gasteiger partial charge in [-0.1, -0.05) is 6.07 Å². The highest BCUT2D eigenvalue weighted by Gasteiger charge is 2.73. The van der Waals surface area contributed by atoms with Gasteiger partial charge in [-0.3, -0.25) is 9.69 Å². The number of carbonyl (C=O) groups excluding carboxylic acids is 1. The van der Waals surface area contributed by atoms with E-state index in [2.05, 4.69) is 27.5 Å². The lowest BCUT2D eigenvalue weighted by Gasteiger charge is -2.64. The molecule has 1 spiro atoms. The molecule has 1 unspecified atom stereocenters. The van der Waals surface area contributed by atoms with E-state index >= 15 is 0 Å². The van der Waals surface area contributed by atoms with Gasteiger partial charge >= 0.3 is 11.9 Å². The van der Waals surface area contributed by atoms with Gasteiger partial charge in [0.2, 0.25) is 0 Å². The number of aliphatic hydroxyl groups is 1. The smallest absolute Gasteiger partial charge is 0.414 e. The fourth-order valence-corrected chi connectivity index (χ4v) is 8.16. The first-order valence-corrected chi connectivity index (χ1v) is 15.0. The largest absolute Gasteiger partial charge is 0.504 e. The van der Waals surface area contributed by atoms with Crippen molar-refractivity contribution in [1.29, 1.82) is 0 Å². The summed E-state index contributed by atoms with van der Waals surface area (Å²) in [7, 11) is 1.86. The third-order valence-corrected chi connectivity index (χ3v) is 10.5. The lowest BCUT2D eigenvalue weighted by atomic mass is 9.48. The Hall–Kier alpha value is -2.90. The van der Waals surface area contributed by atoms with Gasteiger partial charge in [-0.15, -0.1) is 0 Å². The zero-order chi connectivity index (χ0) is 29.3. The summed E-state index contributed by atoms with van der Waals surface area (Å²) >= 11 is 2.24. The molecule has 7 rings (SSSR count). The Balaban J connectivity index is 0.000000458. The summed E-state index contributed by atoms with van der Waals surface area (Å²) in [5.74, 6) is -2.25. The van der Waals surface area contributed by atoms with Gasteiger partial charge < -0.3 is 30.1 Å². The lowest BCUT2D eigenvalue weighted by Crippen LogP contribution is -2.78. The number of carboxylic acid groups (broad SMARTS) is 2. The number of benzene rings is 2. The summed E-state index contributed by atoms with van der Waals surface area (Å²) in [5, 5.41) is 38.2. The van der Waals surface area contributed by atoms with Crippen LogP contribution in [-0.4, -0.2) is 92.0 Å². The number of carbonyl (C=O) groups is 3. The van der Waals surface area contributed by atoms with Crippen LogP contribution < -0.4 is 4.74 Å². The second kappa shape index (κ2) is 10.1. The fourth-order valence-electron chi connectivity index (χ4n) is 7.80. The highest BCUT2D eigenvalue weighted by Crippen LogP contribution is 2.66. The summed E-state index contributed by atoms with van der Waals surface area (Å²) in [4.78, 5) is 36.1. The van der Waals surface area contributed by atoms with Gasteiger partial charge in [-0.2, -0.15) is 0 Å². The maximum Gasteiger partial charge on any atom is 0.414 e. The van der Waals surface area contributed by atoms with Crippen molar-refractivity contribution < 1.29 is 39.5 Å². The number of aliphatic carboxylic acids is 2. The molecule has 2 aromatic carbocycles. The van der Waals surface area contributed by atoms with Crippen molar-refractivity contribution >= 4 is 40.4 Å². The topological polar surface area (TPSA) is 148 Å². The first-order chi connectivity index (χ1) is 19.5. The number of likely N-dealkylation sites (N-methyl/N-ethyl adjacent to an activating group) is 1. The average Bonchev–Trinajstić information content (AvgIpc) is 3.68. The molecule has 2 aromatic rings. The molecule has 1 saturated heterocycles. The molecule has 2 heterocycles. The number of hydrogen-bond acceptors (Lipinski definition) is 7. The molecule has 5 atom stereocenters. The second-order valence-corrected chi connectivity index (χ2v) is 13.2. The molecule has 218 valence electrons. The number of carboxylic acids is 2. The van der Waals surface area contributed by atoms with Crippen molar-refractivity contribution in [3.63, 3.8) is 0 Å². The van der Waals surface area contributed by atoms with Crippen molar-refractivity contribution in [2.24, 2.45) is 5.92 Å². The van der Waals surface area contributed by atoms with Crippen molar-refractivity contribution in [2.45, 2.75) is 67.7 Å².